The van der Waals surface area contributed by atoms with E-state index in [0.717, 1.165) is 18.3 Å². The first-order chi connectivity index (χ1) is 10.2. The molecule has 1 amide bonds. The van der Waals surface area contributed by atoms with Gasteiger partial charge in [0, 0.05) is 6.20 Å². The normalized spacial score (nSPS) is 11.3. The molecule has 0 aliphatic heterocycles. The summed E-state index contributed by atoms with van der Waals surface area (Å²) < 4.78 is 37.9. The SMILES string of the molecule is O=C(Nc1cc(C(F)(F)F)ccc1Cl)c1c[nH]c(=O)[nH]c1=O. The summed E-state index contributed by atoms with van der Waals surface area (Å²) in [5, 5.41) is 1.95. The molecule has 2 rings (SSSR count). The Morgan fingerprint density at radius 2 is 1.91 bits per heavy atom. The molecule has 116 valence electrons. The minimum absolute atomic E-state index is 0.137. The van der Waals surface area contributed by atoms with E-state index >= 15 is 0 Å². The van der Waals surface area contributed by atoms with Gasteiger partial charge >= 0.3 is 11.9 Å². The zero-order chi connectivity index (χ0) is 16.5. The monoisotopic (exact) mass is 333 g/mol. The Morgan fingerprint density at radius 1 is 1.23 bits per heavy atom. The molecule has 0 radical (unpaired) electrons. The van der Waals surface area contributed by atoms with Crippen molar-refractivity contribution in [3.05, 3.63) is 61.4 Å². The lowest BCUT2D eigenvalue weighted by atomic mass is 10.2. The number of aromatic nitrogens is 2. The summed E-state index contributed by atoms with van der Waals surface area (Å²) in [6, 6.07) is 2.36. The number of amides is 1. The van der Waals surface area contributed by atoms with Crippen LogP contribution < -0.4 is 16.6 Å². The van der Waals surface area contributed by atoms with E-state index in [-0.39, 0.29) is 10.7 Å². The lowest BCUT2D eigenvalue weighted by molar-refractivity contribution is -0.137. The van der Waals surface area contributed by atoms with Crippen molar-refractivity contribution in [3.8, 4) is 0 Å². The number of carbonyl (C=O) groups excluding carboxylic acids is 1. The molecule has 0 aliphatic carbocycles. The Kier molecular flexibility index (Phi) is 4.09. The van der Waals surface area contributed by atoms with Crippen LogP contribution in [0.3, 0.4) is 0 Å². The van der Waals surface area contributed by atoms with Crippen LogP contribution in [0.15, 0.2) is 34.0 Å². The second-order valence-corrected chi connectivity index (χ2v) is 4.54. The number of alkyl halides is 3. The smallest absolute Gasteiger partial charge is 0.320 e. The van der Waals surface area contributed by atoms with Crippen LogP contribution in [0.4, 0.5) is 18.9 Å². The standard InChI is InChI=1S/C12H7ClF3N3O3/c13-7-2-1-5(12(14,15)16)3-8(7)18-9(20)6-4-17-11(22)19-10(6)21/h1-4H,(H,18,20)(H2,17,19,21,22). The average Bonchev–Trinajstić information content (AvgIpc) is 2.39. The maximum Gasteiger partial charge on any atom is 0.416 e. The van der Waals surface area contributed by atoms with Crippen molar-refractivity contribution in [2.24, 2.45) is 0 Å². The fourth-order valence-corrected chi connectivity index (χ4v) is 1.73. The van der Waals surface area contributed by atoms with Gasteiger partial charge in [-0.3, -0.25) is 14.6 Å². The third kappa shape index (κ3) is 3.37. The molecule has 0 atom stereocenters. The molecule has 0 fully saturated rings. The molecular weight excluding hydrogens is 327 g/mol. The van der Waals surface area contributed by atoms with Crippen LogP contribution in [-0.4, -0.2) is 15.9 Å². The van der Waals surface area contributed by atoms with Crippen LogP contribution in [0, 0.1) is 0 Å². The van der Waals surface area contributed by atoms with Gasteiger partial charge in [0.1, 0.15) is 5.56 Å². The van der Waals surface area contributed by atoms with Crippen molar-refractivity contribution in [3.63, 3.8) is 0 Å². The van der Waals surface area contributed by atoms with Gasteiger partial charge in [0.2, 0.25) is 0 Å². The summed E-state index contributed by atoms with van der Waals surface area (Å²) in [5.74, 6) is -1.02. The van der Waals surface area contributed by atoms with Gasteiger partial charge in [-0.15, -0.1) is 0 Å². The number of hydrogen-bond acceptors (Lipinski definition) is 3. The second-order valence-electron chi connectivity index (χ2n) is 4.13. The third-order valence-electron chi connectivity index (χ3n) is 2.61. The minimum atomic E-state index is -4.61. The number of halogens is 4. The molecule has 1 aromatic carbocycles. The topological polar surface area (TPSA) is 94.8 Å². The number of anilines is 1. The molecule has 0 aliphatic rings. The van der Waals surface area contributed by atoms with Crippen LogP contribution in [0.5, 0.6) is 0 Å². The Balaban J connectivity index is 2.36. The molecule has 0 saturated carbocycles. The highest BCUT2D eigenvalue weighted by Crippen LogP contribution is 2.33. The maximum absolute atomic E-state index is 12.6. The van der Waals surface area contributed by atoms with E-state index in [1.165, 1.54) is 0 Å². The van der Waals surface area contributed by atoms with Gasteiger partial charge in [0.15, 0.2) is 0 Å². The molecule has 0 spiro atoms. The lowest BCUT2D eigenvalue weighted by Gasteiger charge is -2.11. The number of aromatic amines is 2. The Labute approximate surface area is 124 Å². The van der Waals surface area contributed by atoms with Gasteiger partial charge < -0.3 is 10.3 Å². The van der Waals surface area contributed by atoms with Crippen molar-refractivity contribution >= 4 is 23.2 Å². The first-order valence-electron chi connectivity index (χ1n) is 5.68. The van der Waals surface area contributed by atoms with E-state index in [1.54, 1.807) is 0 Å². The molecule has 0 unspecified atom stereocenters. The van der Waals surface area contributed by atoms with Crippen LogP contribution in [-0.2, 0) is 6.18 Å². The first-order valence-corrected chi connectivity index (χ1v) is 6.06. The van der Waals surface area contributed by atoms with Crippen molar-refractivity contribution in [2.75, 3.05) is 5.32 Å². The van der Waals surface area contributed by atoms with Crippen LogP contribution in [0.1, 0.15) is 15.9 Å². The Bertz CT molecular complexity index is 842. The molecule has 1 aromatic heterocycles. The largest absolute Gasteiger partial charge is 0.416 e. The number of nitrogens with one attached hydrogen (secondary N) is 3. The summed E-state index contributed by atoms with van der Waals surface area (Å²) >= 11 is 5.72. The maximum atomic E-state index is 12.6. The summed E-state index contributed by atoms with van der Waals surface area (Å²) in [6.45, 7) is 0. The van der Waals surface area contributed by atoms with Crippen molar-refractivity contribution in [1.29, 1.82) is 0 Å². The van der Waals surface area contributed by atoms with E-state index in [0.29, 0.717) is 6.07 Å². The first kappa shape index (κ1) is 15.8. The van der Waals surface area contributed by atoms with Crippen LogP contribution in [0.25, 0.3) is 0 Å². The Morgan fingerprint density at radius 3 is 2.50 bits per heavy atom. The van der Waals surface area contributed by atoms with Gasteiger partial charge in [-0.25, -0.2) is 4.79 Å². The van der Waals surface area contributed by atoms with Gasteiger partial charge in [-0.1, -0.05) is 11.6 Å². The van der Waals surface area contributed by atoms with Crippen molar-refractivity contribution in [2.45, 2.75) is 6.18 Å². The summed E-state index contributed by atoms with van der Waals surface area (Å²) in [6.07, 6.45) is -3.77. The highest BCUT2D eigenvalue weighted by atomic mass is 35.5. The number of carbonyl (C=O) groups is 1. The summed E-state index contributed by atoms with van der Waals surface area (Å²) in [5.41, 5.74) is -3.61. The van der Waals surface area contributed by atoms with Crippen molar-refractivity contribution < 1.29 is 18.0 Å². The zero-order valence-electron chi connectivity index (χ0n) is 10.5. The molecule has 10 heteroatoms. The molecule has 22 heavy (non-hydrogen) atoms. The highest BCUT2D eigenvalue weighted by Gasteiger charge is 2.31. The quantitative estimate of drug-likeness (QED) is 0.784. The number of rotatable bonds is 2. The highest BCUT2D eigenvalue weighted by molar-refractivity contribution is 6.33. The van der Waals surface area contributed by atoms with Gasteiger partial charge in [-0.2, -0.15) is 13.2 Å². The summed E-state index contributed by atoms with van der Waals surface area (Å²) in [4.78, 5) is 38.0. The van der Waals surface area contributed by atoms with Crippen LogP contribution >= 0.6 is 11.6 Å². The van der Waals surface area contributed by atoms with Crippen LogP contribution in [0.2, 0.25) is 5.02 Å². The van der Waals surface area contributed by atoms with Crippen molar-refractivity contribution in [1.82, 2.24) is 9.97 Å². The number of H-pyrrole nitrogens is 2. The Hall–Kier alpha value is -2.55. The zero-order valence-corrected chi connectivity index (χ0v) is 11.3. The predicted octanol–water partition coefficient (Wildman–Crippen LogP) is 1.99. The van der Waals surface area contributed by atoms with Gasteiger partial charge in [0.05, 0.1) is 16.3 Å². The molecule has 3 N–H and O–H groups in total. The molecule has 6 nitrogen and oxygen atoms in total. The lowest BCUT2D eigenvalue weighted by Crippen LogP contribution is -2.29. The predicted molar refractivity (Wildman–Crippen MR) is 72.1 cm³/mol. The second kappa shape index (κ2) is 5.68. The number of hydrogen-bond donors (Lipinski definition) is 3. The van der Waals surface area contributed by atoms with E-state index in [9.17, 15) is 27.6 Å². The molecule has 2 aromatic rings. The fraction of sp³-hybridized carbons (Fsp3) is 0.0833. The third-order valence-corrected chi connectivity index (χ3v) is 2.94. The van der Waals surface area contributed by atoms with E-state index in [4.69, 9.17) is 11.6 Å². The van der Waals surface area contributed by atoms with E-state index in [1.807, 2.05) is 4.98 Å². The molecule has 0 bridgehead atoms. The summed E-state index contributed by atoms with van der Waals surface area (Å²) in [7, 11) is 0. The fourth-order valence-electron chi connectivity index (χ4n) is 1.57. The minimum Gasteiger partial charge on any atom is -0.320 e. The van der Waals surface area contributed by atoms with E-state index < -0.39 is 34.5 Å². The molecule has 0 saturated heterocycles. The average molecular weight is 334 g/mol. The van der Waals surface area contributed by atoms with Gasteiger partial charge in [-0.05, 0) is 18.2 Å². The van der Waals surface area contributed by atoms with E-state index in [2.05, 4.69) is 10.3 Å². The molecular formula is C12H7ClF3N3O3. The molecule has 1 heterocycles. The number of benzene rings is 1. The van der Waals surface area contributed by atoms with Gasteiger partial charge in [0.25, 0.3) is 11.5 Å².